The molecule has 2 rings (SSSR count). The third-order valence-corrected chi connectivity index (χ3v) is 2.80. The summed E-state index contributed by atoms with van der Waals surface area (Å²) in [6, 6.07) is 2.41. The zero-order chi connectivity index (χ0) is 15.8. The molecule has 112 valence electrons. The van der Waals surface area contributed by atoms with Gasteiger partial charge in [0, 0.05) is 5.39 Å². The standard InChI is InChI=1S/C13H10F3NO4/c1-2-21-11-9(12(19)20)10(18)7-4-3-6(13(14,15)16)5-8(7)17-11/h3-5H,2H2,1H3,(H,17,18)(H,19,20). The molecule has 0 aliphatic heterocycles. The molecule has 8 heteroatoms. The number of hydrogen-bond donors (Lipinski definition) is 2. The Morgan fingerprint density at radius 1 is 1.38 bits per heavy atom. The van der Waals surface area contributed by atoms with Gasteiger partial charge in [-0.25, -0.2) is 4.79 Å². The van der Waals surface area contributed by atoms with Gasteiger partial charge in [-0.2, -0.15) is 13.2 Å². The Morgan fingerprint density at radius 3 is 2.57 bits per heavy atom. The Hall–Kier alpha value is -2.51. The van der Waals surface area contributed by atoms with Crippen LogP contribution in [0.1, 0.15) is 22.8 Å². The van der Waals surface area contributed by atoms with Crippen molar-refractivity contribution in [2.45, 2.75) is 13.1 Å². The number of ether oxygens (including phenoxy) is 1. The van der Waals surface area contributed by atoms with Crippen LogP contribution in [0.2, 0.25) is 0 Å². The van der Waals surface area contributed by atoms with Gasteiger partial charge in [0.15, 0.2) is 5.56 Å². The molecule has 21 heavy (non-hydrogen) atoms. The molecule has 0 radical (unpaired) electrons. The fourth-order valence-corrected chi connectivity index (χ4v) is 1.89. The van der Waals surface area contributed by atoms with Gasteiger partial charge in [0.2, 0.25) is 11.3 Å². The van der Waals surface area contributed by atoms with E-state index in [0.29, 0.717) is 0 Å². The first kappa shape index (κ1) is 14.9. The molecule has 2 aromatic rings. The molecule has 1 heterocycles. The molecule has 0 aliphatic rings. The highest BCUT2D eigenvalue weighted by Gasteiger charge is 2.31. The van der Waals surface area contributed by atoms with Crippen molar-refractivity contribution in [2.75, 3.05) is 6.61 Å². The summed E-state index contributed by atoms with van der Waals surface area (Å²) >= 11 is 0. The summed E-state index contributed by atoms with van der Waals surface area (Å²) in [5.41, 5.74) is -2.61. The lowest BCUT2D eigenvalue weighted by Gasteiger charge is -2.11. The Balaban J connectivity index is 2.80. The van der Waals surface area contributed by atoms with Crippen LogP contribution in [-0.4, -0.2) is 22.7 Å². The number of pyridine rings is 1. The number of carboxylic acid groups (broad SMARTS) is 1. The largest absolute Gasteiger partial charge is 0.479 e. The monoisotopic (exact) mass is 301 g/mol. The zero-order valence-electron chi connectivity index (χ0n) is 10.7. The van der Waals surface area contributed by atoms with Gasteiger partial charge >= 0.3 is 12.1 Å². The van der Waals surface area contributed by atoms with E-state index < -0.39 is 28.7 Å². The molecule has 0 saturated heterocycles. The fraction of sp³-hybridized carbons (Fsp3) is 0.231. The molecular weight excluding hydrogens is 291 g/mol. The maximum atomic E-state index is 12.7. The van der Waals surface area contributed by atoms with E-state index in [4.69, 9.17) is 9.84 Å². The highest BCUT2D eigenvalue weighted by atomic mass is 19.4. The van der Waals surface area contributed by atoms with Crippen molar-refractivity contribution >= 4 is 16.9 Å². The summed E-state index contributed by atoms with van der Waals surface area (Å²) < 4.78 is 43.0. The number of halogens is 3. The van der Waals surface area contributed by atoms with Crippen LogP contribution in [0.5, 0.6) is 5.88 Å². The fourth-order valence-electron chi connectivity index (χ4n) is 1.89. The van der Waals surface area contributed by atoms with Crippen molar-refractivity contribution in [2.24, 2.45) is 0 Å². The topological polar surface area (TPSA) is 79.4 Å². The van der Waals surface area contributed by atoms with E-state index in [-0.39, 0.29) is 23.4 Å². The molecule has 0 spiro atoms. The number of carboxylic acids is 1. The Bertz CT molecular complexity index is 764. The molecule has 2 N–H and O–H groups in total. The molecule has 0 bridgehead atoms. The van der Waals surface area contributed by atoms with E-state index >= 15 is 0 Å². The normalized spacial score (nSPS) is 11.6. The predicted molar refractivity (Wildman–Crippen MR) is 67.7 cm³/mol. The number of carbonyl (C=O) groups is 1. The molecule has 0 saturated carbocycles. The zero-order valence-corrected chi connectivity index (χ0v) is 10.7. The van der Waals surface area contributed by atoms with Crippen LogP contribution in [0.3, 0.4) is 0 Å². The first-order valence-electron chi connectivity index (χ1n) is 5.89. The van der Waals surface area contributed by atoms with E-state index in [1.807, 2.05) is 0 Å². The molecule has 1 aromatic carbocycles. The molecule has 0 unspecified atom stereocenters. The SMILES string of the molecule is CCOc1[nH]c2cc(C(F)(F)F)ccc2c(=O)c1C(=O)O. The lowest BCUT2D eigenvalue weighted by atomic mass is 10.1. The van der Waals surface area contributed by atoms with Gasteiger partial charge in [0.25, 0.3) is 0 Å². The molecule has 1 aromatic heterocycles. The lowest BCUT2D eigenvalue weighted by molar-refractivity contribution is -0.137. The molecule has 0 aliphatic carbocycles. The van der Waals surface area contributed by atoms with E-state index in [1.165, 1.54) is 0 Å². The number of alkyl halides is 3. The van der Waals surface area contributed by atoms with E-state index in [0.717, 1.165) is 18.2 Å². The highest BCUT2D eigenvalue weighted by molar-refractivity contribution is 5.95. The van der Waals surface area contributed by atoms with E-state index in [1.54, 1.807) is 6.92 Å². The molecule has 0 atom stereocenters. The summed E-state index contributed by atoms with van der Waals surface area (Å²) in [6.07, 6.45) is -4.57. The van der Waals surface area contributed by atoms with Crippen LogP contribution >= 0.6 is 0 Å². The number of fused-ring (bicyclic) bond motifs is 1. The Morgan fingerprint density at radius 2 is 2.05 bits per heavy atom. The van der Waals surface area contributed by atoms with Crippen molar-refractivity contribution in [3.63, 3.8) is 0 Å². The average molecular weight is 301 g/mol. The van der Waals surface area contributed by atoms with Gasteiger partial charge in [-0.1, -0.05) is 0 Å². The van der Waals surface area contributed by atoms with Crippen molar-refractivity contribution in [3.05, 3.63) is 39.5 Å². The van der Waals surface area contributed by atoms with E-state index in [9.17, 15) is 22.8 Å². The van der Waals surface area contributed by atoms with Crippen LogP contribution in [0.15, 0.2) is 23.0 Å². The first-order chi connectivity index (χ1) is 9.75. The highest BCUT2D eigenvalue weighted by Crippen LogP contribution is 2.31. The number of H-pyrrole nitrogens is 1. The number of hydrogen-bond acceptors (Lipinski definition) is 3. The first-order valence-corrected chi connectivity index (χ1v) is 5.89. The Kier molecular flexibility index (Phi) is 3.63. The van der Waals surface area contributed by atoms with Gasteiger partial charge in [-0.05, 0) is 25.1 Å². The summed E-state index contributed by atoms with van der Waals surface area (Å²) in [6.45, 7) is 1.61. The van der Waals surface area contributed by atoms with Crippen molar-refractivity contribution in [1.82, 2.24) is 4.98 Å². The second kappa shape index (κ2) is 5.12. The van der Waals surface area contributed by atoms with Crippen molar-refractivity contribution in [3.8, 4) is 5.88 Å². The van der Waals surface area contributed by atoms with Crippen LogP contribution in [-0.2, 0) is 6.18 Å². The van der Waals surface area contributed by atoms with Crippen molar-refractivity contribution < 1.29 is 27.8 Å². The summed E-state index contributed by atoms with van der Waals surface area (Å²) in [5, 5.41) is 8.89. The number of rotatable bonds is 3. The second-order valence-electron chi connectivity index (χ2n) is 4.15. The van der Waals surface area contributed by atoms with E-state index in [2.05, 4.69) is 4.98 Å². The van der Waals surface area contributed by atoms with Crippen LogP contribution in [0.25, 0.3) is 10.9 Å². The van der Waals surface area contributed by atoms with Crippen LogP contribution < -0.4 is 10.2 Å². The van der Waals surface area contributed by atoms with Crippen molar-refractivity contribution in [1.29, 1.82) is 0 Å². The summed E-state index contributed by atoms with van der Waals surface area (Å²) in [5.74, 6) is -1.87. The quantitative estimate of drug-likeness (QED) is 0.913. The Labute approximate surface area is 116 Å². The summed E-state index contributed by atoms with van der Waals surface area (Å²) in [4.78, 5) is 25.6. The molecule has 5 nitrogen and oxygen atoms in total. The van der Waals surface area contributed by atoms with Gasteiger partial charge in [-0.3, -0.25) is 4.79 Å². The molecular formula is C13H10F3NO4. The van der Waals surface area contributed by atoms with Crippen LogP contribution in [0.4, 0.5) is 13.2 Å². The molecule has 0 amide bonds. The average Bonchev–Trinajstić information content (AvgIpc) is 2.37. The predicted octanol–water partition coefficient (Wildman–Crippen LogP) is 2.64. The van der Waals surface area contributed by atoms with Gasteiger partial charge < -0.3 is 14.8 Å². The maximum Gasteiger partial charge on any atom is 0.416 e. The lowest BCUT2D eigenvalue weighted by Crippen LogP contribution is -2.19. The third-order valence-electron chi connectivity index (χ3n) is 2.80. The minimum Gasteiger partial charge on any atom is -0.479 e. The number of aromatic amines is 1. The third kappa shape index (κ3) is 2.69. The van der Waals surface area contributed by atoms with Gasteiger partial charge in [0.05, 0.1) is 17.7 Å². The number of aromatic carboxylic acids is 1. The second-order valence-corrected chi connectivity index (χ2v) is 4.15. The molecule has 0 fully saturated rings. The number of benzene rings is 1. The van der Waals surface area contributed by atoms with Gasteiger partial charge in [0.1, 0.15) is 0 Å². The van der Waals surface area contributed by atoms with Crippen LogP contribution in [0, 0.1) is 0 Å². The number of aromatic nitrogens is 1. The summed E-state index contributed by atoms with van der Waals surface area (Å²) in [7, 11) is 0. The smallest absolute Gasteiger partial charge is 0.416 e. The maximum absolute atomic E-state index is 12.7. The minimum absolute atomic E-state index is 0.0562. The minimum atomic E-state index is -4.57. The van der Waals surface area contributed by atoms with Gasteiger partial charge in [-0.15, -0.1) is 0 Å². The number of nitrogens with one attached hydrogen (secondary N) is 1.